The van der Waals surface area contributed by atoms with E-state index < -0.39 is 17.3 Å². The molecule has 5 nitrogen and oxygen atoms in total. The molecule has 0 saturated carbocycles. The molecule has 0 unspecified atom stereocenters. The van der Waals surface area contributed by atoms with Gasteiger partial charge in [0.05, 0.1) is 17.3 Å². The number of benzene rings is 2. The van der Waals surface area contributed by atoms with Gasteiger partial charge in [-0.3, -0.25) is 9.59 Å². The monoisotopic (exact) mass is 357 g/mol. The van der Waals surface area contributed by atoms with Crippen molar-refractivity contribution in [2.45, 2.75) is 6.54 Å². The maximum Gasteiger partial charge on any atom is 0.276 e. The molecule has 126 valence electrons. The Hall–Kier alpha value is -2.99. The molecule has 1 N–H and O–H groups in total. The average molecular weight is 358 g/mol. The highest BCUT2D eigenvalue weighted by molar-refractivity contribution is 6.33. The van der Waals surface area contributed by atoms with Gasteiger partial charge in [-0.1, -0.05) is 35.9 Å². The molecule has 0 fully saturated rings. The van der Waals surface area contributed by atoms with E-state index in [2.05, 4.69) is 10.4 Å². The summed E-state index contributed by atoms with van der Waals surface area (Å²) < 4.78 is 14.4. The van der Waals surface area contributed by atoms with Crippen molar-refractivity contribution in [2.24, 2.45) is 0 Å². The van der Waals surface area contributed by atoms with Crippen molar-refractivity contribution in [2.75, 3.05) is 5.32 Å². The van der Waals surface area contributed by atoms with Gasteiger partial charge in [0.25, 0.3) is 11.5 Å². The van der Waals surface area contributed by atoms with Gasteiger partial charge in [-0.25, -0.2) is 9.07 Å². The number of anilines is 1. The number of nitrogens with zero attached hydrogens (tertiary/aromatic N) is 2. The first-order valence-electron chi connectivity index (χ1n) is 7.41. The van der Waals surface area contributed by atoms with Gasteiger partial charge in [0.2, 0.25) is 0 Å². The lowest BCUT2D eigenvalue weighted by atomic mass is 10.2. The van der Waals surface area contributed by atoms with Crippen molar-refractivity contribution in [3.8, 4) is 0 Å². The zero-order valence-corrected chi connectivity index (χ0v) is 13.7. The van der Waals surface area contributed by atoms with Crippen molar-refractivity contribution in [3.63, 3.8) is 0 Å². The van der Waals surface area contributed by atoms with Gasteiger partial charge in [-0.05, 0) is 35.9 Å². The van der Waals surface area contributed by atoms with E-state index >= 15 is 0 Å². The molecule has 1 aromatic heterocycles. The van der Waals surface area contributed by atoms with E-state index in [4.69, 9.17) is 11.6 Å². The highest BCUT2D eigenvalue weighted by atomic mass is 35.5. The van der Waals surface area contributed by atoms with E-state index in [0.717, 1.165) is 4.68 Å². The van der Waals surface area contributed by atoms with Crippen LogP contribution < -0.4 is 10.9 Å². The summed E-state index contributed by atoms with van der Waals surface area (Å²) in [5.41, 5.74) is 0.673. The zero-order valence-electron chi connectivity index (χ0n) is 12.9. The fourth-order valence-electron chi connectivity index (χ4n) is 2.24. The average Bonchev–Trinajstić information content (AvgIpc) is 2.59. The van der Waals surface area contributed by atoms with Crippen LogP contribution in [0.25, 0.3) is 0 Å². The topological polar surface area (TPSA) is 64.0 Å². The van der Waals surface area contributed by atoms with Crippen LogP contribution in [0.5, 0.6) is 0 Å². The number of halogens is 2. The third-order valence-electron chi connectivity index (χ3n) is 3.44. The largest absolute Gasteiger partial charge is 0.319 e. The summed E-state index contributed by atoms with van der Waals surface area (Å²) in [4.78, 5) is 24.3. The lowest BCUT2D eigenvalue weighted by Crippen LogP contribution is -2.26. The Labute approximate surface area is 147 Å². The van der Waals surface area contributed by atoms with Crippen LogP contribution in [-0.2, 0) is 6.54 Å². The Morgan fingerprint density at radius 1 is 1.12 bits per heavy atom. The molecule has 3 rings (SSSR count). The number of hydrogen-bond donors (Lipinski definition) is 1. The number of para-hydroxylation sites is 1. The summed E-state index contributed by atoms with van der Waals surface area (Å²) >= 11 is 6.01. The molecule has 3 aromatic rings. The smallest absolute Gasteiger partial charge is 0.276 e. The van der Waals surface area contributed by atoms with Gasteiger partial charge in [0.1, 0.15) is 11.5 Å². The minimum atomic E-state index is -0.499. The van der Waals surface area contributed by atoms with Crippen molar-refractivity contribution < 1.29 is 9.18 Å². The van der Waals surface area contributed by atoms with E-state index in [0.29, 0.717) is 16.3 Å². The normalized spacial score (nSPS) is 10.5. The van der Waals surface area contributed by atoms with E-state index in [1.807, 2.05) is 0 Å². The van der Waals surface area contributed by atoms with Crippen molar-refractivity contribution in [1.82, 2.24) is 9.78 Å². The molecule has 1 heterocycles. The van der Waals surface area contributed by atoms with Crippen LogP contribution in [0.15, 0.2) is 65.5 Å². The third-order valence-corrected chi connectivity index (χ3v) is 3.77. The predicted molar refractivity (Wildman–Crippen MR) is 93.4 cm³/mol. The molecule has 1 amide bonds. The van der Waals surface area contributed by atoms with Gasteiger partial charge < -0.3 is 5.32 Å². The molecule has 2 aromatic carbocycles. The van der Waals surface area contributed by atoms with Gasteiger partial charge in [0, 0.05) is 6.07 Å². The first kappa shape index (κ1) is 16.9. The van der Waals surface area contributed by atoms with Gasteiger partial charge in [-0.15, -0.1) is 0 Å². The van der Waals surface area contributed by atoms with E-state index in [9.17, 15) is 14.0 Å². The molecule has 0 atom stereocenters. The Morgan fingerprint density at radius 3 is 2.68 bits per heavy atom. The summed E-state index contributed by atoms with van der Waals surface area (Å²) in [7, 11) is 0. The first-order valence-corrected chi connectivity index (χ1v) is 7.79. The Kier molecular flexibility index (Phi) is 4.90. The predicted octanol–water partition coefficient (Wildman–Crippen LogP) is 3.34. The van der Waals surface area contributed by atoms with Crippen molar-refractivity contribution in [3.05, 3.63) is 93.1 Å². The van der Waals surface area contributed by atoms with E-state index in [-0.39, 0.29) is 12.2 Å². The minimum Gasteiger partial charge on any atom is -0.319 e. The molecular weight excluding hydrogens is 345 g/mol. The maximum absolute atomic E-state index is 13.3. The summed E-state index contributed by atoms with van der Waals surface area (Å²) in [5, 5.41) is 7.08. The summed E-state index contributed by atoms with van der Waals surface area (Å²) in [5.74, 6) is -0.903. The lowest BCUT2D eigenvalue weighted by Gasteiger charge is -2.09. The fourth-order valence-corrected chi connectivity index (χ4v) is 2.42. The summed E-state index contributed by atoms with van der Waals surface area (Å²) in [6.07, 6.45) is 0. The van der Waals surface area contributed by atoms with Crippen LogP contribution in [0.3, 0.4) is 0 Å². The highest BCUT2D eigenvalue weighted by Crippen LogP contribution is 2.20. The molecule has 25 heavy (non-hydrogen) atoms. The van der Waals surface area contributed by atoms with E-state index in [1.165, 1.54) is 24.3 Å². The molecule has 0 aliphatic rings. The fraction of sp³-hybridized carbons (Fsp3) is 0.0556. The van der Waals surface area contributed by atoms with Gasteiger partial charge in [0.15, 0.2) is 0 Å². The number of nitrogens with one attached hydrogen (secondary N) is 1. The van der Waals surface area contributed by atoms with Crippen LogP contribution >= 0.6 is 11.6 Å². The number of hydrogen-bond acceptors (Lipinski definition) is 3. The molecule has 0 radical (unpaired) electrons. The molecular formula is C18H13ClFN3O2. The minimum absolute atomic E-state index is 0.0518. The Balaban J connectivity index is 1.85. The van der Waals surface area contributed by atoms with E-state index in [1.54, 1.807) is 36.4 Å². The van der Waals surface area contributed by atoms with Crippen molar-refractivity contribution >= 4 is 23.2 Å². The number of carbonyl (C=O) groups is 1. The number of amides is 1. The number of rotatable bonds is 4. The van der Waals surface area contributed by atoms with Crippen LogP contribution in [0, 0.1) is 5.82 Å². The maximum atomic E-state index is 13.3. The van der Waals surface area contributed by atoms with Crippen LogP contribution in [0.4, 0.5) is 10.1 Å². The van der Waals surface area contributed by atoms with Gasteiger partial charge >= 0.3 is 0 Å². The second kappa shape index (κ2) is 7.27. The molecule has 0 aliphatic heterocycles. The summed E-state index contributed by atoms with van der Waals surface area (Å²) in [6.45, 7) is 0.0593. The van der Waals surface area contributed by atoms with Crippen molar-refractivity contribution in [1.29, 1.82) is 0 Å². The second-order valence-corrected chi connectivity index (χ2v) is 5.69. The SMILES string of the molecule is O=C(Nc1ccccc1Cl)c1ccc(=O)n(Cc2cccc(F)c2)n1. The Morgan fingerprint density at radius 2 is 1.92 bits per heavy atom. The standard InChI is InChI=1S/C18H13ClFN3O2/c19-14-6-1-2-7-15(14)21-18(25)16-8-9-17(24)23(22-16)11-12-4-3-5-13(20)10-12/h1-10H,11H2,(H,21,25). The number of aromatic nitrogens is 2. The summed E-state index contributed by atoms with van der Waals surface area (Å²) in [6, 6.07) is 15.2. The zero-order chi connectivity index (χ0) is 17.8. The van der Waals surface area contributed by atoms with Gasteiger partial charge in [-0.2, -0.15) is 5.10 Å². The molecule has 0 bridgehead atoms. The highest BCUT2D eigenvalue weighted by Gasteiger charge is 2.12. The quantitative estimate of drug-likeness (QED) is 0.779. The molecule has 0 spiro atoms. The van der Waals surface area contributed by atoms with Crippen LogP contribution in [0.1, 0.15) is 16.1 Å². The molecule has 0 aliphatic carbocycles. The van der Waals surface area contributed by atoms with Crippen LogP contribution in [-0.4, -0.2) is 15.7 Å². The van der Waals surface area contributed by atoms with Crippen LogP contribution in [0.2, 0.25) is 5.02 Å². The first-order chi connectivity index (χ1) is 12.0. The molecule has 0 saturated heterocycles. The lowest BCUT2D eigenvalue weighted by molar-refractivity contribution is 0.102. The third kappa shape index (κ3) is 4.10. The Bertz CT molecular complexity index is 988. The second-order valence-electron chi connectivity index (χ2n) is 5.28. The molecule has 7 heteroatoms. The number of carbonyl (C=O) groups excluding carboxylic acids is 1.